The molecule has 0 spiro atoms. The topological polar surface area (TPSA) is 53.9 Å². The summed E-state index contributed by atoms with van der Waals surface area (Å²) in [7, 11) is 0. The highest BCUT2D eigenvalue weighted by molar-refractivity contribution is 5.82. The Morgan fingerprint density at radius 1 is 1.47 bits per heavy atom. The number of hydrogen-bond donors (Lipinski definition) is 1. The number of hydrogen-bond acceptors (Lipinski definition) is 4. The number of carbonyl (C=O) groups excluding carboxylic acids is 1. The molecule has 6 heteroatoms. The van der Waals surface area contributed by atoms with E-state index in [2.05, 4.69) is 10.5 Å². The van der Waals surface area contributed by atoms with Crippen LogP contribution in [0.2, 0.25) is 0 Å². The number of anilines is 1. The maximum absolute atomic E-state index is 14.0. The molecule has 1 N–H and O–H groups in total. The van der Waals surface area contributed by atoms with E-state index in [0.717, 1.165) is 0 Å². The van der Waals surface area contributed by atoms with Gasteiger partial charge in [-0.25, -0.2) is 9.82 Å². The van der Waals surface area contributed by atoms with Crippen molar-refractivity contribution in [1.29, 1.82) is 0 Å². The first-order valence-corrected chi connectivity index (χ1v) is 6.09. The lowest BCUT2D eigenvalue weighted by Crippen LogP contribution is -2.36. The number of benzene rings is 1. The van der Waals surface area contributed by atoms with Crippen molar-refractivity contribution in [3.8, 4) is 0 Å². The van der Waals surface area contributed by atoms with Crippen molar-refractivity contribution in [1.82, 2.24) is 5.43 Å². The van der Waals surface area contributed by atoms with E-state index < -0.39 is 0 Å². The Hall–Kier alpha value is -1.95. The molecule has 1 aromatic rings. The molecule has 0 aliphatic carbocycles. The SMILES string of the molecule is CC(=O)N/N=C\c1ccc(N2CCOCC2)c(F)c1. The number of morpholine rings is 1. The van der Waals surface area contributed by atoms with Crippen molar-refractivity contribution < 1.29 is 13.9 Å². The maximum Gasteiger partial charge on any atom is 0.236 e. The molecule has 1 aliphatic rings. The minimum absolute atomic E-state index is 0.262. The Morgan fingerprint density at radius 3 is 2.84 bits per heavy atom. The number of halogens is 1. The highest BCUT2D eigenvalue weighted by Gasteiger charge is 2.14. The molecule has 5 nitrogen and oxygen atoms in total. The van der Waals surface area contributed by atoms with Crippen LogP contribution in [0.25, 0.3) is 0 Å². The molecule has 102 valence electrons. The lowest BCUT2D eigenvalue weighted by atomic mass is 10.2. The van der Waals surface area contributed by atoms with Crippen LogP contribution in [0.15, 0.2) is 23.3 Å². The van der Waals surface area contributed by atoms with Crippen molar-refractivity contribution in [2.24, 2.45) is 5.10 Å². The van der Waals surface area contributed by atoms with Crippen LogP contribution in [-0.2, 0) is 9.53 Å². The van der Waals surface area contributed by atoms with Gasteiger partial charge in [0.1, 0.15) is 5.82 Å². The van der Waals surface area contributed by atoms with Gasteiger partial charge >= 0.3 is 0 Å². The van der Waals surface area contributed by atoms with Gasteiger partial charge < -0.3 is 9.64 Å². The molecule has 0 bridgehead atoms. The second kappa shape index (κ2) is 6.29. The standard InChI is InChI=1S/C13H16FN3O2/c1-10(18)16-15-9-11-2-3-13(12(14)8-11)17-4-6-19-7-5-17/h2-3,8-9H,4-7H2,1H3,(H,16,18)/b15-9-. The van der Waals surface area contributed by atoms with Crippen LogP contribution >= 0.6 is 0 Å². The zero-order valence-electron chi connectivity index (χ0n) is 10.7. The van der Waals surface area contributed by atoms with E-state index in [1.54, 1.807) is 12.1 Å². The van der Waals surface area contributed by atoms with Gasteiger partial charge in [0.15, 0.2) is 0 Å². The minimum atomic E-state index is -0.298. The largest absolute Gasteiger partial charge is 0.378 e. The summed E-state index contributed by atoms with van der Waals surface area (Å²) in [4.78, 5) is 12.6. The van der Waals surface area contributed by atoms with Gasteiger partial charge in [-0.2, -0.15) is 5.10 Å². The fourth-order valence-electron chi connectivity index (χ4n) is 1.86. The molecular formula is C13H16FN3O2. The van der Waals surface area contributed by atoms with Crippen molar-refractivity contribution in [2.75, 3.05) is 31.2 Å². The summed E-state index contributed by atoms with van der Waals surface area (Å²) < 4.78 is 19.2. The zero-order chi connectivity index (χ0) is 13.7. The molecule has 1 fully saturated rings. The second-order valence-electron chi connectivity index (χ2n) is 4.24. The van der Waals surface area contributed by atoms with Gasteiger partial charge in [-0.3, -0.25) is 4.79 Å². The smallest absolute Gasteiger partial charge is 0.236 e. The number of ether oxygens (including phenoxy) is 1. The molecule has 1 aliphatic heterocycles. The Labute approximate surface area is 111 Å². The molecular weight excluding hydrogens is 249 g/mol. The third kappa shape index (κ3) is 3.75. The average molecular weight is 265 g/mol. The third-order valence-electron chi connectivity index (χ3n) is 2.76. The summed E-state index contributed by atoms with van der Waals surface area (Å²) in [5.41, 5.74) is 3.44. The number of amides is 1. The van der Waals surface area contributed by atoms with Crippen LogP contribution in [0, 0.1) is 5.82 Å². The van der Waals surface area contributed by atoms with Crippen LogP contribution in [0.4, 0.5) is 10.1 Å². The van der Waals surface area contributed by atoms with Crippen LogP contribution in [0.3, 0.4) is 0 Å². The first kappa shape index (κ1) is 13.5. The fraction of sp³-hybridized carbons (Fsp3) is 0.385. The molecule has 1 heterocycles. The van der Waals surface area contributed by atoms with Gasteiger partial charge in [0.05, 0.1) is 25.1 Å². The predicted octanol–water partition coefficient (Wildman–Crippen LogP) is 1.13. The van der Waals surface area contributed by atoms with E-state index in [4.69, 9.17) is 4.74 Å². The Bertz CT molecular complexity index is 485. The normalized spacial score (nSPS) is 15.8. The van der Waals surface area contributed by atoms with Gasteiger partial charge in [-0.15, -0.1) is 0 Å². The molecule has 19 heavy (non-hydrogen) atoms. The summed E-state index contributed by atoms with van der Waals surface area (Å²) in [5, 5.41) is 3.70. The van der Waals surface area contributed by atoms with Crippen molar-refractivity contribution in [3.05, 3.63) is 29.6 Å². The number of carbonyl (C=O) groups is 1. The molecule has 0 aromatic heterocycles. The van der Waals surface area contributed by atoms with Gasteiger partial charge in [0.25, 0.3) is 0 Å². The Kier molecular flexibility index (Phi) is 4.46. The first-order valence-electron chi connectivity index (χ1n) is 6.09. The molecule has 1 aromatic carbocycles. The van der Waals surface area contributed by atoms with Crippen molar-refractivity contribution in [3.63, 3.8) is 0 Å². The van der Waals surface area contributed by atoms with Crippen LogP contribution in [0.1, 0.15) is 12.5 Å². The molecule has 1 amide bonds. The van der Waals surface area contributed by atoms with Crippen LogP contribution in [0.5, 0.6) is 0 Å². The van der Waals surface area contributed by atoms with Crippen LogP contribution in [-0.4, -0.2) is 38.4 Å². The fourth-order valence-corrected chi connectivity index (χ4v) is 1.86. The van der Waals surface area contributed by atoms with Gasteiger partial charge in [-0.1, -0.05) is 6.07 Å². The Morgan fingerprint density at radius 2 is 2.21 bits per heavy atom. The van der Waals surface area contributed by atoms with Gasteiger partial charge in [0, 0.05) is 20.0 Å². The lowest BCUT2D eigenvalue weighted by Gasteiger charge is -2.29. The quantitative estimate of drug-likeness (QED) is 0.658. The monoisotopic (exact) mass is 265 g/mol. The molecule has 0 radical (unpaired) electrons. The van der Waals surface area contributed by atoms with Crippen LogP contribution < -0.4 is 10.3 Å². The van der Waals surface area contributed by atoms with Crippen molar-refractivity contribution >= 4 is 17.8 Å². The summed E-state index contributed by atoms with van der Waals surface area (Å²) in [6.07, 6.45) is 1.41. The van der Waals surface area contributed by atoms with E-state index >= 15 is 0 Å². The average Bonchev–Trinajstić information content (AvgIpc) is 2.39. The maximum atomic E-state index is 14.0. The van der Waals surface area contributed by atoms with E-state index in [-0.39, 0.29) is 11.7 Å². The highest BCUT2D eigenvalue weighted by Crippen LogP contribution is 2.20. The van der Waals surface area contributed by atoms with Crippen molar-refractivity contribution in [2.45, 2.75) is 6.92 Å². The molecule has 0 saturated carbocycles. The molecule has 2 rings (SSSR count). The number of hydrazone groups is 1. The van der Waals surface area contributed by atoms with E-state index in [9.17, 15) is 9.18 Å². The van der Waals surface area contributed by atoms with E-state index in [1.807, 2.05) is 4.90 Å². The highest BCUT2D eigenvalue weighted by atomic mass is 19.1. The molecule has 1 saturated heterocycles. The molecule has 0 unspecified atom stereocenters. The summed E-state index contributed by atoms with van der Waals surface area (Å²) in [6.45, 7) is 3.97. The van der Waals surface area contributed by atoms with Gasteiger partial charge in [-0.05, 0) is 17.7 Å². The zero-order valence-corrected chi connectivity index (χ0v) is 10.7. The lowest BCUT2D eigenvalue weighted by molar-refractivity contribution is -0.118. The van der Waals surface area contributed by atoms with E-state index in [0.29, 0.717) is 37.6 Å². The minimum Gasteiger partial charge on any atom is -0.378 e. The molecule has 0 atom stereocenters. The summed E-state index contributed by atoms with van der Waals surface area (Å²) in [5.74, 6) is -0.560. The Balaban J connectivity index is 2.08. The summed E-state index contributed by atoms with van der Waals surface area (Å²) >= 11 is 0. The first-order chi connectivity index (χ1) is 9.16. The number of nitrogens with zero attached hydrogens (tertiary/aromatic N) is 2. The number of nitrogens with one attached hydrogen (secondary N) is 1. The predicted molar refractivity (Wildman–Crippen MR) is 70.8 cm³/mol. The summed E-state index contributed by atoms with van der Waals surface area (Å²) in [6, 6.07) is 4.88. The van der Waals surface area contributed by atoms with Gasteiger partial charge in [0.2, 0.25) is 5.91 Å². The third-order valence-corrected chi connectivity index (χ3v) is 2.76. The second-order valence-corrected chi connectivity index (χ2v) is 4.24. The number of rotatable bonds is 3. The van der Waals surface area contributed by atoms with E-state index in [1.165, 1.54) is 19.2 Å².